The van der Waals surface area contributed by atoms with Crippen LogP contribution in [-0.2, 0) is 9.57 Å². The minimum Gasteiger partial charge on any atom is -0.459 e. The van der Waals surface area contributed by atoms with Crippen molar-refractivity contribution in [2.75, 3.05) is 40.5 Å². The maximum absolute atomic E-state index is 14.0. The number of non-ortho nitro benzene ring substituents is 1. The summed E-state index contributed by atoms with van der Waals surface area (Å²) in [6.45, 7) is 6.27. The fourth-order valence-electron chi connectivity index (χ4n) is 8.12. The van der Waals surface area contributed by atoms with Gasteiger partial charge in [-0.1, -0.05) is 30.1 Å². The number of nitro groups is 1. The molecule has 2 aromatic rings. The van der Waals surface area contributed by atoms with Gasteiger partial charge in [0.05, 0.1) is 23.2 Å². The first-order chi connectivity index (χ1) is 26.1. The number of likely N-dealkylation sites (N-methyl/N-ethyl adjacent to an activating group) is 1. The summed E-state index contributed by atoms with van der Waals surface area (Å²) in [6, 6.07) is 9.59. The highest BCUT2D eigenvalue weighted by Gasteiger charge is 2.65. The molecule has 15 nitrogen and oxygen atoms in total. The number of benzene rings is 2. The summed E-state index contributed by atoms with van der Waals surface area (Å²) < 4.78 is 25.2. The molecule has 1 heterocycles. The molecule has 6 unspecified atom stereocenters. The van der Waals surface area contributed by atoms with E-state index in [2.05, 4.69) is 23.1 Å². The largest absolute Gasteiger partial charge is 0.459 e. The number of nitro benzene ring substituents is 1. The highest BCUT2D eigenvalue weighted by atomic mass is 16.7. The Morgan fingerprint density at radius 3 is 2.44 bits per heavy atom. The SMILES string of the molecule is C=CCOC12Oc3ccc(OC(=O)NCC)cc3C3C(CCCCO)C(CCCCO)C=C(C(=NOC)CC1N(C)C(=O)Oc1ccc([N+](=O)[O-])cc1)C32. The lowest BCUT2D eigenvalue weighted by atomic mass is 9.55. The Bertz CT molecular complexity index is 1710. The summed E-state index contributed by atoms with van der Waals surface area (Å²) in [5.74, 6) is -1.49. The van der Waals surface area contributed by atoms with Crippen LogP contribution >= 0.6 is 0 Å². The van der Waals surface area contributed by atoms with Crippen molar-refractivity contribution in [1.29, 1.82) is 0 Å². The quantitative estimate of drug-likeness (QED) is 0.0733. The van der Waals surface area contributed by atoms with Crippen LogP contribution in [0, 0.1) is 27.9 Å². The second-order valence-corrected chi connectivity index (χ2v) is 13.6. The molecule has 292 valence electrons. The molecule has 54 heavy (non-hydrogen) atoms. The van der Waals surface area contributed by atoms with E-state index in [0.29, 0.717) is 36.6 Å². The van der Waals surface area contributed by atoms with E-state index < -0.39 is 34.9 Å². The molecule has 3 aliphatic rings. The topological polar surface area (TPSA) is 192 Å². The third kappa shape index (κ3) is 8.53. The number of rotatable bonds is 17. The summed E-state index contributed by atoms with van der Waals surface area (Å²) in [6.07, 6.45) is 6.87. The van der Waals surface area contributed by atoms with Gasteiger partial charge in [-0.3, -0.25) is 10.1 Å². The number of hydrogen-bond acceptors (Lipinski definition) is 12. The number of oxime groups is 1. The number of fused-ring (bicyclic) bond motifs is 2. The Labute approximate surface area is 314 Å². The van der Waals surface area contributed by atoms with E-state index in [1.165, 1.54) is 36.3 Å². The van der Waals surface area contributed by atoms with E-state index in [4.69, 9.17) is 23.8 Å². The summed E-state index contributed by atoms with van der Waals surface area (Å²) in [5, 5.41) is 37.8. The van der Waals surface area contributed by atoms with E-state index in [0.717, 1.165) is 36.8 Å². The molecule has 3 N–H and O–H groups in total. The number of nitrogens with zero attached hydrogens (tertiary/aromatic N) is 3. The maximum atomic E-state index is 14.0. The van der Waals surface area contributed by atoms with Crippen LogP contribution in [0.5, 0.6) is 17.2 Å². The minimum absolute atomic E-state index is 0.0194. The van der Waals surface area contributed by atoms with Gasteiger partial charge in [0.1, 0.15) is 30.4 Å². The zero-order chi connectivity index (χ0) is 38.8. The number of unbranched alkanes of at least 4 members (excludes halogenated alkanes) is 2. The number of carbonyl (C=O) groups excluding carboxylic acids is 2. The van der Waals surface area contributed by atoms with Crippen molar-refractivity contribution in [2.45, 2.75) is 69.6 Å². The average molecular weight is 751 g/mol. The lowest BCUT2D eigenvalue weighted by Gasteiger charge is -2.59. The van der Waals surface area contributed by atoms with Crippen LogP contribution < -0.4 is 19.5 Å². The number of amides is 2. The first-order valence-corrected chi connectivity index (χ1v) is 18.4. The van der Waals surface area contributed by atoms with Gasteiger partial charge in [-0.05, 0) is 80.3 Å². The minimum atomic E-state index is -1.51. The smallest absolute Gasteiger partial charge is 0.415 e. The molecule has 0 bridgehead atoms. The van der Waals surface area contributed by atoms with Gasteiger partial charge in [-0.25, -0.2) is 9.59 Å². The van der Waals surface area contributed by atoms with Gasteiger partial charge < -0.3 is 44.2 Å². The third-order valence-electron chi connectivity index (χ3n) is 10.4. The molecule has 1 fully saturated rings. The molecule has 5 rings (SSSR count). The standard InChI is InChI=1S/C39H50N4O11/c1-5-21-51-39-34(42(3)38(47)53-27-15-13-26(14-16-27)43(48)49)24-32(41-50-4)30-22-25(11-7-9-19-44)29(12-8-10-20-45)35(36(30)39)31-23-28(17-18-33(31)54-39)52-37(46)40-6-2/h5,13-18,22-23,25,29,34-36,44-45H,1,6-12,19-21,24H2,2-4H3,(H,40,46). The van der Waals surface area contributed by atoms with E-state index in [1.807, 2.05) is 6.07 Å². The lowest BCUT2D eigenvalue weighted by molar-refractivity contribution is -0.384. The number of aliphatic hydroxyl groups excluding tert-OH is 2. The number of allylic oxidation sites excluding steroid dienone is 1. The van der Waals surface area contributed by atoms with Crippen LogP contribution in [0.4, 0.5) is 15.3 Å². The third-order valence-corrected chi connectivity index (χ3v) is 10.4. The molecule has 2 aliphatic carbocycles. The van der Waals surface area contributed by atoms with Crippen LogP contribution in [0.25, 0.3) is 0 Å². The number of carbonyl (C=O) groups is 2. The number of ether oxygens (including phenoxy) is 4. The summed E-state index contributed by atoms with van der Waals surface area (Å²) in [4.78, 5) is 44.0. The fourth-order valence-corrected chi connectivity index (χ4v) is 8.12. The van der Waals surface area contributed by atoms with Gasteiger partial charge in [0.15, 0.2) is 0 Å². The highest BCUT2D eigenvalue weighted by molar-refractivity contribution is 6.03. The van der Waals surface area contributed by atoms with Crippen molar-refractivity contribution in [3.8, 4) is 17.2 Å². The van der Waals surface area contributed by atoms with Crippen LogP contribution in [0.15, 0.2) is 71.9 Å². The molecule has 2 aromatic carbocycles. The number of aliphatic hydroxyl groups is 2. The zero-order valence-electron chi connectivity index (χ0n) is 31.0. The zero-order valence-corrected chi connectivity index (χ0v) is 31.0. The Morgan fingerprint density at radius 1 is 1.09 bits per heavy atom. The summed E-state index contributed by atoms with van der Waals surface area (Å²) in [5.41, 5.74) is 2.08. The molecule has 0 saturated heterocycles. The van der Waals surface area contributed by atoms with E-state index in [1.54, 1.807) is 32.2 Å². The predicted molar refractivity (Wildman–Crippen MR) is 199 cm³/mol. The molecule has 0 radical (unpaired) electrons. The van der Waals surface area contributed by atoms with Gasteiger partial charge in [-0.15, -0.1) is 6.58 Å². The summed E-state index contributed by atoms with van der Waals surface area (Å²) >= 11 is 0. The van der Waals surface area contributed by atoms with Crippen LogP contribution in [0.2, 0.25) is 0 Å². The normalized spacial score (nSPS) is 24.6. The molecule has 0 aromatic heterocycles. The second-order valence-electron chi connectivity index (χ2n) is 13.6. The van der Waals surface area contributed by atoms with Crippen molar-refractivity contribution in [3.05, 3.63) is 82.4 Å². The first kappa shape index (κ1) is 40.2. The molecule has 0 spiro atoms. The molecule has 1 aliphatic heterocycles. The van der Waals surface area contributed by atoms with E-state index in [-0.39, 0.29) is 55.4 Å². The van der Waals surface area contributed by atoms with Crippen LogP contribution in [0.3, 0.4) is 0 Å². The Hall–Kier alpha value is -4.99. The van der Waals surface area contributed by atoms with Gasteiger partial charge in [0.25, 0.3) is 5.69 Å². The first-order valence-electron chi connectivity index (χ1n) is 18.4. The van der Waals surface area contributed by atoms with Crippen LogP contribution in [-0.4, -0.2) is 90.3 Å². The van der Waals surface area contributed by atoms with Gasteiger partial charge in [0.2, 0.25) is 5.79 Å². The molecular formula is C39H50N4O11. The van der Waals surface area contributed by atoms with Crippen molar-refractivity contribution < 1.29 is 48.5 Å². The van der Waals surface area contributed by atoms with Gasteiger partial charge in [-0.2, -0.15) is 0 Å². The van der Waals surface area contributed by atoms with Gasteiger partial charge >= 0.3 is 12.2 Å². The predicted octanol–water partition coefficient (Wildman–Crippen LogP) is 6.10. The second kappa shape index (κ2) is 18.4. The maximum Gasteiger partial charge on any atom is 0.415 e. The van der Waals surface area contributed by atoms with E-state index >= 15 is 0 Å². The van der Waals surface area contributed by atoms with Crippen molar-refractivity contribution in [2.24, 2.45) is 22.9 Å². The van der Waals surface area contributed by atoms with Crippen molar-refractivity contribution in [1.82, 2.24) is 10.2 Å². The Balaban J connectivity index is 1.69. The van der Waals surface area contributed by atoms with Crippen molar-refractivity contribution >= 4 is 23.6 Å². The van der Waals surface area contributed by atoms with Gasteiger partial charge in [0, 0.05) is 56.8 Å². The highest BCUT2D eigenvalue weighted by Crippen LogP contribution is 2.61. The summed E-state index contributed by atoms with van der Waals surface area (Å²) in [7, 11) is 3.03. The molecule has 1 saturated carbocycles. The Morgan fingerprint density at radius 2 is 1.80 bits per heavy atom. The van der Waals surface area contributed by atoms with Crippen LogP contribution in [0.1, 0.15) is 63.4 Å². The molecular weight excluding hydrogens is 700 g/mol. The number of nitrogens with one attached hydrogen (secondary N) is 1. The fraction of sp³-hybridized carbons (Fsp3) is 0.513. The van der Waals surface area contributed by atoms with Crippen molar-refractivity contribution in [3.63, 3.8) is 0 Å². The average Bonchev–Trinajstić information content (AvgIpc) is 3.16. The lowest BCUT2D eigenvalue weighted by Crippen LogP contribution is -2.69. The molecule has 2 amide bonds. The number of hydrogen-bond donors (Lipinski definition) is 3. The monoisotopic (exact) mass is 750 g/mol. The molecule has 6 atom stereocenters. The molecule has 15 heteroatoms. The Kier molecular flexibility index (Phi) is 13.7. The van der Waals surface area contributed by atoms with E-state index in [9.17, 15) is 29.9 Å².